The van der Waals surface area contributed by atoms with Gasteiger partial charge in [0.2, 0.25) is 0 Å². The van der Waals surface area contributed by atoms with Gasteiger partial charge >= 0.3 is 0 Å². The summed E-state index contributed by atoms with van der Waals surface area (Å²) in [5.41, 5.74) is 0.929. The zero-order valence-electron chi connectivity index (χ0n) is 13.8. The molecule has 0 bridgehead atoms. The number of benzene rings is 1. The zero-order valence-corrected chi connectivity index (χ0v) is 14.7. The molecule has 0 unspecified atom stereocenters. The van der Waals surface area contributed by atoms with Crippen LogP contribution in [0.4, 0.5) is 0 Å². The second-order valence-corrected chi connectivity index (χ2v) is 7.59. The molecule has 0 saturated carbocycles. The van der Waals surface area contributed by atoms with Gasteiger partial charge in [0, 0.05) is 19.6 Å². The zero-order chi connectivity index (χ0) is 17.0. The summed E-state index contributed by atoms with van der Waals surface area (Å²) in [6, 6.07) is 9.15. The number of rotatable bonds is 7. The molecular weight excluding hydrogens is 314 g/mol. The average molecular weight is 337 g/mol. The summed E-state index contributed by atoms with van der Waals surface area (Å²) < 4.78 is 30.7. The normalized spacial score (nSPS) is 13.7. The molecular formula is C15H23N5O2S. The fourth-order valence-electron chi connectivity index (χ4n) is 2.25. The Labute approximate surface area is 137 Å². The Kier molecular flexibility index (Phi) is 5.51. The Morgan fingerprint density at radius 1 is 1.22 bits per heavy atom. The van der Waals surface area contributed by atoms with E-state index >= 15 is 0 Å². The van der Waals surface area contributed by atoms with Crippen molar-refractivity contribution in [3.05, 3.63) is 48.0 Å². The maximum atomic E-state index is 12.5. The molecule has 1 heterocycles. The van der Waals surface area contributed by atoms with Crippen molar-refractivity contribution in [1.29, 1.82) is 0 Å². The van der Waals surface area contributed by atoms with Crippen molar-refractivity contribution >= 4 is 10.2 Å². The highest BCUT2D eigenvalue weighted by atomic mass is 32.2. The lowest BCUT2D eigenvalue weighted by Gasteiger charge is -2.22. The van der Waals surface area contributed by atoms with Crippen LogP contribution in [0, 0.1) is 0 Å². The van der Waals surface area contributed by atoms with Crippen LogP contribution in [0.2, 0.25) is 0 Å². The Morgan fingerprint density at radius 2 is 1.87 bits per heavy atom. The van der Waals surface area contributed by atoms with Gasteiger partial charge in [-0.05, 0) is 26.3 Å². The molecule has 126 valence electrons. The fourth-order valence-corrected chi connectivity index (χ4v) is 3.30. The molecule has 7 nitrogen and oxygen atoms in total. The molecule has 1 atom stereocenters. The van der Waals surface area contributed by atoms with E-state index in [4.69, 9.17) is 0 Å². The van der Waals surface area contributed by atoms with Crippen LogP contribution in [0.3, 0.4) is 0 Å². The predicted molar refractivity (Wildman–Crippen MR) is 88.8 cm³/mol. The van der Waals surface area contributed by atoms with E-state index < -0.39 is 16.3 Å². The molecule has 23 heavy (non-hydrogen) atoms. The average Bonchev–Trinajstić information content (AvgIpc) is 2.97. The Bertz CT molecular complexity index is 727. The molecule has 0 aliphatic carbocycles. The second-order valence-electron chi connectivity index (χ2n) is 5.78. The first kappa shape index (κ1) is 17.6. The smallest absolute Gasteiger partial charge is 0.280 e. The third-order valence-electron chi connectivity index (χ3n) is 3.53. The molecule has 0 fully saturated rings. The van der Waals surface area contributed by atoms with E-state index in [9.17, 15) is 8.42 Å². The van der Waals surface area contributed by atoms with E-state index in [1.807, 2.05) is 48.7 Å². The van der Waals surface area contributed by atoms with Crippen LogP contribution < -0.4 is 4.72 Å². The molecule has 2 aromatic rings. The minimum absolute atomic E-state index is 0.161. The van der Waals surface area contributed by atoms with Gasteiger partial charge in [-0.25, -0.2) is 0 Å². The van der Waals surface area contributed by atoms with E-state index in [2.05, 4.69) is 14.9 Å². The lowest BCUT2D eigenvalue weighted by Crippen LogP contribution is -2.39. The van der Waals surface area contributed by atoms with Gasteiger partial charge in [-0.15, -0.1) is 10.2 Å². The van der Waals surface area contributed by atoms with E-state index in [1.165, 1.54) is 4.31 Å². The fraction of sp³-hybridized carbons (Fsp3) is 0.467. The van der Waals surface area contributed by atoms with Crippen LogP contribution in [0.25, 0.3) is 0 Å². The van der Waals surface area contributed by atoms with Gasteiger partial charge in [-0.2, -0.15) is 17.4 Å². The molecule has 0 aliphatic heterocycles. The summed E-state index contributed by atoms with van der Waals surface area (Å²) in [7, 11) is -2.07. The van der Waals surface area contributed by atoms with Crippen LogP contribution in [-0.2, 0) is 16.8 Å². The highest BCUT2D eigenvalue weighted by Gasteiger charge is 2.24. The number of nitrogens with one attached hydrogen (secondary N) is 1. The van der Waals surface area contributed by atoms with E-state index in [0.29, 0.717) is 12.4 Å². The molecule has 0 spiro atoms. The molecule has 1 aromatic heterocycles. The highest BCUT2D eigenvalue weighted by molar-refractivity contribution is 7.87. The van der Waals surface area contributed by atoms with Crippen molar-refractivity contribution in [2.24, 2.45) is 0 Å². The minimum atomic E-state index is -3.62. The van der Waals surface area contributed by atoms with Gasteiger partial charge in [-0.3, -0.25) is 0 Å². The summed E-state index contributed by atoms with van der Waals surface area (Å²) in [6.45, 7) is 6.06. The van der Waals surface area contributed by atoms with Gasteiger partial charge in [0.1, 0.15) is 6.33 Å². The van der Waals surface area contributed by atoms with Crippen molar-refractivity contribution < 1.29 is 8.42 Å². The van der Waals surface area contributed by atoms with Crippen LogP contribution in [0.5, 0.6) is 0 Å². The first-order chi connectivity index (χ1) is 10.8. The monoisotopic (exact) mass is 337 g/mol. The quantitative estimate of drug-likeness (QED) is 0.836. The van der Waals surface area contributed by atoms with E-state index in [-0.39, 0.29) is 6.04 Å². The topological polar surface area (TPSA) is 80.1 Å². The van der Waals surface area contributed by atoms with Crippen LogP contribution in [-0.4, -0.2) is 34.5 Å². The van der Waals surface area contributed by atoms with Gasteiger partial charge in [0.15, 0.2) is 5.82 Å². The predicted octanol–water partition coefficient (Wildman–Crippen LogP) is 1.89. The van der Waals surface area contributed by atoms with Crippen molar-refractivity contribution in [3.63, 3.8) is 0 Å². The van der Waals surface area contributed by atoms with E-state index in [1.54, 1.807) is 20.3 Å². The number of aromatic nitrogens is 3. The molecule has 0 radical (unpaired) electrons. The van der Waals surface area contributed by atoms with Crippen molar-refractivity contribution in [2.75, 3.05) is 7.05 Å². The lowest BCUT2D eigenvalue weighted by atomic mass is 10.2. The summed E-state index contributed by atoms with van der Waals surface area (Å²) in [4.78, 5) is 0. The number of hydrogen-bond donors (Lipinski definition) is 1. The molecule has 0 amide bonds. The largest absolute Gasteiger partial charge is 0.314 e. The highest BCUT2D eigenvalue weighted by Crippen LogP contribution is 2.16. The maximum absolute atomic E-state index is 12.5. The Morgan fingerprint density at radius 3 is 2.48 bits per heavy atom. The van der Waals surface area contributed by atoms with Crippen molar-refractivity contribution in [3.8, 4) is 0 Å². The Balaban J connectivity index is 2.09. The third kappa shape index (κ3) is 4.37. The summed E-state index contributed by atoms with van der Waals surface area (Å²) in [5, 5.41) is 7.90. The molecule has 0 saturated heterocycles. The molecule has 0 aliphatic rings. The lowest BCUT2D eigenvalue weighted by molar-refractivity contribution is 0.440. The number of nitrogens with zero attached hydrogens (tertiary/aromatic N) is 4. The molecule has 2 rings (SSSR count). The van der Waals surface area contributed by atoms with Gasteiger partial charge < -0.3 is 4.57 Å². The van der Waals surface area contributed by atoms with Gasteiger partial charge in [0.25, 0.3) is 10.2 Å². The van der Waals surface area contributed by atoms with Crippen LogP contribution >= 0.6 is 0 Å². The first-order valence-corrected chi connectivity index (χ1v) is 8.92. The van der Waals surface area contributed by atoms with Gasteiger partial charge in [0.05, 0.1) is 6.04 Å². The first-order valence-electron chi connectivity index (χ1n) is 7.48. The number of hydrogen-bond acceptors (Lipinski definition) is 4. The minimum Gasteiger partial charge on any atom is -0.314 e. The molecule has 1 aromatic carbocycles. The van der Waals surface area contributed by atoms with Crippen LogP contribution in [0.1, 0.15) is 44.2 Å². The SMILES string of the molecule is CC(C)n1cnnc1[C@H](C)NS(=O)(=O)N(C)Cc1ccccc1. The third-order valence-corrected chi connectivity index (χ3v) is 5.13. The maximum Gasteiger partial charge on any atom is 0.280 e. The summed E-state index contributed by atoms with van der Waals surface area (Å²) in [6.07, 6.45) is 1.61. The molecule has 8 heteroatoms. The van der Waals surface area contributed by atoms with Crippen LogP contribution in [0.15, 0.2) is 36.7 Å². The summed E-state index contributed by atoms with van der Waals surface area (Å²) in [5.74, 6) is 0.594. The molecule has 1 N–H and O–H groups in total. The standard InChI is InChI=1S/C15H23N5O2S/c1-12(2)20-11-16-17-15(20)13(3)18-23(21,22)19(4)10-14-8-6-5-7-9-14/h5-9,11-13,18H,10H2,1-4H3/t13-/m0/s1. The van der Waals surface area contributed by atoms with Crippen molar-refractivity contribution in [2.45, 2.75) is 39.4 Å². The van der Waals surface area contributed by atoms with E-state index in [0.717, 1.165) is 5.56 Å². The summed E-state index contributed by atoms with van der Waals surface area (Å²) >= 11 is 0. The van der Waals surface area contributed by atoms with Gasteiger partial charge in [-0.1, -0.05) is 30.3 Å². The second kappa shape index (κ2) is 7.20. The van der Waals surface area contributed by atoms with Crippen molar-refractivity contribution in [1.82, 2.24) is 23.8 Å². The Hall–Kier alpha value is -1.77.